The lowest BCUT2D eigenvalue weighted by molar-refractivity contribution is 0.864. The number of aromatic nitrogens is 4. The normalized spacial score (nSPS) is 10.5. The minimum absolute atomic E-state index is 0.259. The molecular formula is C11H16N6. The van der Waals surface area contributed by atoms with Gasteiger partial charge in [-0.1, -0.05) is 6.92 Å². The van der Waals surface area contributed by atoms with Crippen molar-refractivity contribution >= 4 is 11.8 Å². The largest absolute Gasteiger partial charge is 0.370 e. The van der Waals surface area contributed by atoms with E-state index in [1.54, 1.807) is 6.20 Å². The zero-order valence-corrected chi connectivity index (χ0v) is 10.0. The van der Waals surface area contributed by atoms with E-state index in [0.717, 1.165) is 30.4 Å². The summed E-state index contributed by atoms with van der Waals surface area (Å²) in [5.41, 5.74) is 5.69. The fourth-order valence-corrected chi connectivity index (χ4v) is 1.65. The van der Waals surface area contributed by atoms with Crippen LogP contribution in [0.25, 0.3) is 5.82 Å². The second-order valence-electron chi connectivity index (χ2n) is 3.57. The molecule has 0 aromatic carbocycles. The highest BCUT2D eigenvalue weighted by Crippen LogP contribution is 2.14. The number of aryl methyl sites for hydroxylation is 1. The third-order valence-corrected chi connectivity index (χ3v) is 2.37. The summed E-state index contributed by atoms with van der Waals surface area (Å²) in [6, 6.07) is 1.86. The third-order valence-electron chi connectivity index (χ3n) is 2.37. The maximum atomic E-state index is 5.69. The van der Waals surface area contributed by atoms with E-state index < -0.39 is 0 Å². The van der Waals surface area contributed by atoms with Gasteiger partial charge in [-0.3, -0.25) is 4.57 Å². The summed E-state index contributed by atoms with van der Waals surface area (Å²) in [7, 11) is 0. The Bertz CT molecular complexity index is 504. The lowest BCUT2D eigenvalue weighted by Gasteiger charge is -2.09. The molecule has 6 heteroatoms. The molecule has 2 aromatic heterocycles. The maximum Gasteiger partial charge on any atom is 0.223 e. The molecule has 6 nitrogen and oxygen atoms in total. The Morgan fingerprint density at radius 3 is 2.88 bits per heavy atom. The maximum absolute atomic E-state index is 5.69. The fourth-order valence-electron chi connectivity index (χ4n) is 1.65. The lowest BCUT2D eigenvalue weighted by atomic mass is 10.4. The fraction of sp³-hybridized carbons (Fsp3) is 0.364. The smallest absolute Gasteiger partial charge is 0.223 e. The highest BCUT2D eigenvalue weighted by atomic mass is 15.2. The van der Waals surface area contributed by atoms with Crippen LogP contribution in [0.2, 0.25) is 0 Å². The van der Waals surface area contributed by atoms with Crippen LogP contribution in [0.3, 0.4) is 0 Å². The number of nitrogens with one attached hydrogen (secondary N) is 1. The molecule has 0 spiro atoms. The molecular weight excluding hydrogens is 216 g/mol. The summed E-state index contributed by atoms with van der Waals surface area (Å²) < 4.78 is 1.92. The van der Waals surface area contributed by atoms with Crippen LogP contribution in [0.15, 0.2) is 18.5 Å². The third kappa shape index (κ3) is 2.35. The molecule has 17 heavy (non-hydrogen) atoms. The lowest BCUT2D eigenvalue weighted by Crippen LogP contribution is -2.08. The number of imidazole rings is 1. The van der Waals surface area contributed by atoms with Gasteiger partial charge in [-0.15, -0.1) is 0 Å². The quantitative estimate of drug-likeness (QED) is 0.828. The Morgan fingerprint density at radius 1 is 1.35 bits per heavy atom. The molecule has 0 saturated heterocycles. The van der Waals surface area contributed by atoms with Gasteiger partial charge in [-0.25, -0.2) is 4.98 Å². The van der Waals surface area contributed by atoms with E-state index in [1.165, 1.54) is 0 Å². The van der Waals surface area contributed by atoms with Crippen molar-refractivity contribution in [3.63, 3.8) is 0 Å². The van der Waals surface area contributed by atoms with Crippen molar-refractivity contribution in [2.45, 2.75) is 20.3 Å². The molecule has 0 bridgehead atoms. The van der Waals surface area contributed by atoms with Crippen molar-refractivity contribution in [1.29, 1.82) is 0 Å². The first-order chi connectivity index (χ1) is 8.24. The van der Waals surface area contributed by atoms with Crippen LogP contribution in [0, 0.1) is 0 Å². The monoisotopic (exact) mass is 232 g/mol. The average molecular weight is 232 g/mol. The molecule has 0 aliphatic rings. The molecule has 2 rings (SSSR count). The Labute approximate surface area is 99.9 Å². The molecule has 0 saturated carbocycles. The number of rotatable bonds is 4. The van der Waals surface area contributed by atoms with Gasteiger partial charge in [0.15, 0.2) is 0 Å². The van der Waals surface area contributed by atoms with E-state index in [-0.39, 0.29) is 5.95 Å². The molecule has 0 aliphatic carbocycles. The van der Waals surface area contributed by atoms with Crippen LogP contribution in [-0.4, -0.2) is 26.1 Å². The first kappa shape index (κ1) is 11.4. The van der Waals surface area contributed by atoms with E-state index >= 15 is 0 Å². The summed E-state index contributed by atoms with van der Waals surface area (Å²) in [4.78, 5) is 12.6. The number of nitrogens with zero attached hydrogens (tertiary/aromatic N) is 4. The molecule has 0 radical (unpaired) electrons. The number of hydrogen-bond donors (Lipinski definition) is 2. The van der Waals surface area contributed by atoms with Crippen LogP contribution in [-0.2, 0) is 6.42 Å². The first-order valence-corrected chi connectivity index (χ1v) is 5.65. The molecule has 2 aromatic rings. The predicted molar refractivity (Wildman–Crippen MR) is 67.1 cm³/mol. The summed E-state index contributed by atoms with van der Waals surface area (Å²) in [5.74, 6) is 2.67. The van der Waals surface area contributed by atoms with Gasteiger partial charge < -0.3 is 11.1 Å². The second kappa shape index (κ2) is 4.82. The zero-order valence-electron chi connectivity index (χ0n) is 10.0. The zero-order chi connectivity index (χ0) is 12.3. The molecule has 2 heterocycles. The predicted octanol–water partition coefficient (Wildman–Crippen LogP) is 1.24. The Balaban J connectivity index is 2.44. The van der Waals surface area contributed by atoms with E-state index in [2.05, 4.69) is 27.2 Å². The molecule has 0 atom stereocenters. The molecule has 0 unspecified atom stereocenters. The molecule has 0 amide bonds. The van der Waals surface area contributed by atoms with Crippen molar-refractivity contribution in [3.8, 4) is 5.82 Å². The number of nitrogen functional groups attached to an aromatic ring is 1. The van der Waals surface area contributed by atoms with Crippen LogP contribution < -0.4 is 11.1 Å². The molecule has 90 valence electrons. The van der Waals surface area contributed by atoms with Gasteiger partial charge in [-0.2, -0.15) is 9.97 Å². The van der Waals surface area contributed by atoms with Crippen LogP contribution in [0.5, 0.6) is 0 Å². The number of hydrogen-bond acceptors (Lipinski definition) is 5. The first-order valence-electron chi connectivity index (χ1n) is 5.65. The second-order valence-corrected chi connectivity index (χ2v) is 3.57. The van der Waals surface area contributed by atoms with E-state index in [9.17, 15) is 0 Å². The van der Waals surface area contributed by atoms with Gasteiger partial charge in [0, 0.05) is 31.4 Å². The van der Waals surface area contributed by atoms with Crippen molar-refractivity contribution in [2.75, 3.05) is 17.6 Å². The van der Waals surface area contributed by atoms with Crippen LogP contribution >= 0.6 is 0 Å². The Hall–Kier alpha value is -2.11. The van der Waals surface area contributed by atoms with Crippen molar-refractivity contribution in [3.05, 3.63) is 24.3 Å². The van der Waals surface area contributed by atoms with Gasteiger partial charge in [0.25, 0.3) is 0 Å². The van der Waals surface area contributed by atoms with Crippen molar-refractivity contribution in [2.24, 2.45) is 0 Å². The summed E-state index contributed by atoms with van der Waals surface area (Å²) in [6.45, 7) is 4.85. The van der Waals surface area contributed by atoms with Gasteiger partial charge in [-0.05, 0) is 6.92 Å². The van der Waals surface area contributed by atoms with Crippen molar-refractivity contribution in [1.82, 2.24) is 19.5 Å². The number of anilines is 2. The van der Waals surface area contributed by atoms with E-state index in [1.807, 2.05) is 23.8 Å². The standard InChI is InChI=1S/C11H16N6/c1-3-9-14-5-6-17(9)10-7-8(13-4-2)15-11(12)16-10/h5-7H,3-4H2,1-2H3,(H3,12,13,15,16). The van der Waals surface area contributed by atoms with Crippen LogP contribution in [0.4, 0.5) is 11.8 Å². The minimum Gasteiger partial charge on any atom is -0.370 e. The van der Waals surface area contributed by atoms with E-state index in [4.69, 9.17) is 5.73 Å². The highest BCUT2D eigenvalue weighted by molar-refractivity contribution is 5.46. The molecule has 0 aliphatic heterocycles. The Morgan fingerprint density at radius 2 is 2.18 bits per heavy atom. The molecule has 3 N–H and O–H groups in total. The minimum atomic E-state index is 0.259. The van der Waals surface area contributed by atoms with E-state index in [0.29, 0.717) is 0 Å². The summed E-state index contributed by atoms with van der Waals surface area (Å²) in [5, 5.41) is 3.12. The Kier molecular flexibility index (Phi) is 3.22. The van der Waals surface area contributed by atoms with Gasteiger partial charge in [0.05, 0.1) is 0 Å². The van der Waals surface area contributed by atoms with Gasteiger partial charge in [0.2, 0.25) is 5.95 Å². The molecule has 0 fully saturated rings. The SMILES string of the molecule is CCNc1cc(-n2ccnc2CC)nc(N)n1. The van der Waals surface area contributed by atoms with Gasteiger partial charge in [0.1, 0.15) is 17.5 Å². The summed E-state index contributed by atoms with van der Waals surface area (Å²) >= 11 is 0. The topological polar surface area (TPSA) is 81.7 Å². The highest BCUT2D eigenvalue weighted by Gasteiger charge is 2.07. The van der Waals surface area contributed by atoms with Crippen LogP contribution in [0.1, 0.15) is 19.7 Å². The average Bonchev–Trinajstić information content (AvgIpc) is 2.76. The number of nitrogens with two attached hydrogens (primary N) is 1. The van der Waals surface area contributed by atoms with Gasteiger partial charge >= 0.3 is 0 Å². The summed E-state index contributed by atoms with van der Waals surface area (Å²) in [6.07, 6.45) is 4.47. The van der Waals surface area contributed by atoms with Crippen molar-refractivity contribution < 1.29 is 0 Å².